The Morgan fingerprint density at radius 3 is 2.79 bits per heavy atom. The molecule has 1 fully saturated rings. The molecule has 2 atom stereocenters. The molecule has 106 valence electrons. The highest BCUT2D eigenvalue weighted by atomic mass is 16.8. The van der Waals surface area contributed by atoms with E-state index in [0.717, 1.165) is 10.6 Å². The Bertz CT molecular complexity index is 466. The molecule has 0 saturated carbocycles. The summed E-state index contributed by atoms with van der Waals surface area (Å²) in [6, 6.07) is -0.390. The molecule has 7 heteroatoms. The molecule has 1 aromatic heterocycles. The number of nitrogens with zero attached hydrogens (tertiary/aromatic N) is 3. The predicted octanol–water partition coefficient (Wildman–Crippen LogP) is 1.35. The van der Waals surface area contributed by atoms with Gasteiger partial charge in [0, 0.05) is 25.2 Å². The minimum atomic E-state index is -1.02. The van der Waals surface area contributed by atoms with Crippen LogP contribution in [-0.2, 0) is 16.6 Å². The molecule has 2 heterocycles. The van der Waals surface area contributed by atoms with Gasteiger partial charge in [0.2, 0.25) is 0 Å². The molecule has 0 radical (unpaired) electrons. The maximum atomic E-state index is 12.0. The number of aliphatic hydroxyl groups excluding tert-OH is 1. The number of hydrogen-bond donors (Lipinski definition) is 1. The van der Waals surface area contributed by atoms with E-state index in [2.05, 4.69) is 5.10 Å². The van der Waals surface area contributed by atoms with Crippen molar-refractivity contribution in [3.63, 3.8) is 0 Å². The quantitative estimate of drug-likeness (QED) is 0.832. The van der Waals surface area contributed by atoms with Crippen LogP contribution in [0, 0.1) is 0 Å². The summed E-state index contributed by atoms with van der Waals surface area (Å²) in [5.74, 6) is 0. The molecule has 1 aromatic rings. The summed E-state index contributed by atoms with van der Waals surface area (Å²) in [7, 11) is 1.79. The van der Waals surface area contributed by atoms with Crippen molar-refractivity contribution in [2.45, 2.75) is 45.1 Å². The number of aryl methyl sites for hydroxylation is 1. The molecule has 1 aliphatic heterocycles. The van der Waals surface area contributed by atoms with Crippen LogP contribution in [0.2, 0.25) is 0 Å². The van der Waals surface area contributed by atoms with Crippen molar-refractivity contribution in [1.29, 1.82) is 0 Å². The fraction of sp³-hybridized carbons (Fsp3) is 0.667. The van der Waals surface area contributed by atoms with Gasteiger partial charge in [-0.15, -0.1) is 0 Å². The van der Waals surface area contributed by atoms with Crippen LogP contribution in [0.25, 0.3) is 0 Å². The number of aromatic nitrogens is 2. The second-order valence-corrected chi connectivity index (χ2v) is 5.57. The Labute approximate surface area is 111 Å². The minimum Gasteiger partial charge on any atom is -0.442 e. The Morgan fingerprint density at radius 1 is 1.58 bits per heavy atom. The highest BCUT2D eigenvalue weighted by Gasteiger charge is 2.40. The second-order valence-electron chi connectivity index (χ2n) is 5.57. The minimum absolute atomic E-state index is 0.297. The molecule has 19 heavy (non-hydrogen) atoms. The van der Waals surface area contributed by atoms with E-state index in [-0.39, 0.29) is 0 Å². The highest BCUT2D eigenvalue weighted by Crippen LogP contribution is 2.34. The molecule has 1 aliphatic rings. The molecule has 1 N–H and O–H groups in total. The van der Waals surface area contributed by atoms with Crippen molar-refractivity contribution in [1.82, 2.24) is 14.8 Å². The number of rotatable bonds is 1. The fourth-order valence-electron chi connectivity index (χ4n) is 1.90. The van der Waals surface area contributed by atoms with Gasteiger partial charge in [-0.1, -0.05) is 0 Å². The van der Waals surface area contributed by atoms with Crippen LogP contribution in [0.5, 0.6) is 0 Å². The predicted molar refractivity (Wildman–Crippen MR) is 65.7 cm³/mol. The molecule has 1 saturated heterocycles. The van der Waals surface area contributed by atoms with E-state index in [4.69, 9.17) is 9.57 Å². The molecule has 2 unspecified atom stereocenters. The van der Waals surface area contributed by atoms with Crippen LogP contribution < -0.4 is 0 Å². The summed E-state index contributed by atoms with van der Waals surface area (Å²) < 4.78 is 6.88. The zero-order chi connectivity index (χ0) is 14.2. The van der Waals surface area contributed by atoms with E-state index in [1.807, 2.05) is 0 Å². The second kappa shape index (κ2) is 4.82. The third-order valence-electron chi connectivity index (χ3n) is 2.63. The van der Waals surface area contributed by atoms with E-state index in [1.54, 1.807) is 44.9 Å². The van der Waals surface area contributed by atoms with Crippen molar-refractivity contribution in [2.24, 2.45) is 7.05 Å². The first-order valence-electron chi connectivity index (χ1n) is 6.12. The first-order chi connectivity index (χ1) is 8.76. The zero-order valence-electron chi connectivity index (χ0n) is 11.5. The lowest BCUT2D eigenvalue weighted by Crippen LogP contribution is -2.36. The lowest BCUT2D eigenvalue weighted by Gasteiger charge is -2.26. The maximum absolute atomic E-state index is 12.0. The highest BCUT2D eigenvalue weighted by molar-refractivity contribution is 5.67. The van der Waals surface area contributed by atoms with Crippen molar-refractivity contribution in [3.8, 4) is 0 Å². The van der Waals surface area contributed by atoms with Crippen molar-refractivity contribution >= 4 is 6.09 Å². The van der Waals surface area contributed by atoms with Gasteiger partial charge in [0.15, 0.2) is 6.29 Å². The van der Waals surface area contributed by atoms with Gasteiger partial charge in [-0.2, -0.15) is 10.2 Å². The van der Waals surface area contributed by atoms with Gasteiger partial charge >= 0.3 is 6.09 Å². The molecule has 0 aromatic carbocycles. The number of carbonyl (C=O) groups excluding carboxylic acids is 1. The average molecular weight is 269 g/mol. The number of amides is 1. The Morgan fingerprint density at radius 2 is 2.26 bits per heavy atom. The summed E-state index contributed by atoms with van der Waals surface area (Å²) in [5, 5.41) is 14.7. The largest absolute Gasteiger partial charge is 0.442 e. The standard InChI is InChI=1S/C12H19N3O4/c1-12(2,3)18-11(17)15-9(5-10(16)19-15)8-6-13-14(4)7-8/h6-7,9-10,16H,5H2,1-4H3. The third kappa shape index (κ3) is 3.24. The van der Waals surface area contributed by atoms with E-state index >= 15 is 0 Å². The number of hydroxylamine groups is 2. The van der Waals surface area contributed by atoms with Crippen molar-refractivity contribution < 1.29 is 19.5 Å². The summed E-state index contributed by atoms with van der Waals surface area (Å²) >= 11 is 0. The Kier molecular flexibility index (Phi) is 3.51. The lowest BCUT2D eigenvalue weighted by atomic mass is 10.1. The molecular formula is C12H19N3O4. The van der Waals surface area contributed by atoms with Crippen LogP contribution >= 0.6 is 0 Å². The van der Waals surface area contributed by atoms with Crippen LogP contribution in [0.15, 0.2) is 12.4 Å². The summed E-state index contributed by atoms with van der Waals surface area (Å²) in [5.41, 5.74) is 0.179. The molecule has 0 aliphatic carbocycles. The zero-order valence-corrected chi connectivity index (χ0v) is 11.5. The molecule has 7 nitrogen and oxygen atoms in total. The van der Waals surface area contributed by atoms with E-state index in [0.29, 0.717) is 6.42 Å². The van der Waals surface area contributed by atoms with Gasteiger partial charge in [-0.05, 0) is 20.8 Å². The number of hydrogen-bond acceptors (Lipinski definition) is 5. The van der Waals surface area contributed by atoms with Gasteiger partial charge in [0.05, 0.1) is 12.2 Å². The summed E-state index contributed by atoms with van der Waals surface area (Å²) in [6.07, 6.45) is 2.09. The average Bonchev–Trinajstić information content (AvgIpc) is 2.81. The van der Waals surface area contributed by atoms with Crippen molar-refractivity contribution in [3.05, 3.63) is 18.0 Å². The van der Waals surface area contributed by atoms with Gasteiger partial charge in [-0.25, -0.2) is 9.63 Å². The van der Waals surface area contributed by atoms with Crippen molar-refractivity contribution in [2.75, 3.05) is 0 Å². The van der Waals surface area contributed by atoms with Crippen LogP contribution in [0.3, 0.4) is 0 Å². The van der Waals surface area contributed by atoms with Gasteiger partial charge in [0.25, 0.3) is 0 Å². The molecule has 0 spiro atoms. The first-order valence-corrected chi connectivity index (χ1v) is 6.12. The van der Waals surface area contributed by atoms with E-state index in [1.165, 1.54) is 0 Å². The molecule has 0 bridgehead atoms. The van der Waals surface area contributed by atoms with Gasteiger partial charge in [-0.3, -0.25) is 4.68 Å². The Hall–Kier alpha value is -1.60. The van der Waals surface area contributed by atoms with Crippen LogP contribution in [0.1, 0.15) is 38.8 Å². The summed E-state index contributed by atoms with van der Waals surface area (Å²) in [6.45, 7) is 5.32. The van der Waals surface area contributed by atoms with E-state index < -0.39 is 24.0 Å². The maximum Gasteiger partial charge on any atom is 0.435 e. The third-order valence-corrected chi connectivity index (χ3v) is 2.63. The molecule has 2 rings (SSSR count). The van der Waals surface area contributed by atoms with Crippen LogP contribution in [0.4, 0.5) is 4.79 Å². The SMILES string of the molecule is Cn1cc(C2CC(O)ON2C(=O)OC(C)(C)C)cn1. The van der Waals surface area contributed by atoms with Crippen LogP contribution in [-0.4, -0.2) is 37.9 Å². The fourth-order valence-corrected chi connectivity index (χ4v) is 1.90. The topological polar surface area (TPSA) is 76.8 Å². The monoisotopic (exact) mass is 269 g/mol. The normalized spacial score (nSPS) is 23.7. The number of ether oxygens (including phenoxy) is 1. The lowest BCUT2D eigenvalue weighted by molar-refractivity contribution is -0.207. The summed E-state index contributed by atoms with van der Waals surface area (Å²) in [4.78, 5) is 17.2. The first kappa shape index (κ1) is 13.8. The number of carbonyl (C=O) groups is 1. The van der Waals surface area contributed by atoms with Gasteiger partial charge < -0.3 is 9.84 Å². The number of aliphatic hydroxyl groups is 1. The smallest absolute Gasteiger partial charge is 0.435 e. The molecular weight excluding hydrogens is 250 g/mol. The van der Waals surface area contributed by atoms with E-state index in [9.17, 15) is 9.90 Å². The molecule has 1 amide bonds. The van der Waals surface area contributed by atoms with Gasteiger partial charge in [0.1, 0.15) is 5.60 Å². The Balaban J connectivity index is 2.16.